The van der Waals surface area contributed by atoms with Crippen molar-refractivity contribution in [3.05, 3.63) is 34.6 Å². The molecule has 0 bridgehead atoms. The van der Waals surface area contributed by atoms with E-state index >= 15 is 0 Å². The molecule has 3 rings (SSSR count). The number of nitrogens with zero attached hydrogens (tertiary/aromatic N) is 1. The molecular formula is C16H20ClFN2O. The Kier molecular flexibility index (Phi) is 4.18. The van der Waals surface area contributed by atoms with Gasteiger partial charge in [0.2, 0.25) is 5.91 Å². The molecule has 0 saturated carbocycles. The van der Waals surface area contributed by atoms with E-state index in [1.165, 1.54) is 6.07 Å². The zero-order chi connectivity index (χ0) is 14.9. The first-order chi connectivity index (χ1) is 10.1. The largest absolute Gasteiger partial charge is 0.338 e. The third kappa shape index (κ3) is 3.22. The fourth-order valence-corrected chi connectivity index (χ4v) is 3.67. The molecule has 3 nitrogen and oxygen atoms in total. The first kappa shape index (κ1) is 14.8. The topological polar surface area (TPSA) is 32.3 Å². The van der Waals surface area contributed by atoms with E-state index in [9.17, 15) is 9.18 Å². The summed E-state index contributed by atoms with van der Waals surface area (Å²) in [5.41, 5.74) is 1.16. The SMILES string of the molecule is O=C1CCC2(CCNCC2)CN1Cc1ccc(F)c(Cl)c1. The van der Waals surface area contributed by atoms with Crippen molar-refractivity contribution in [2.45, 2.75) is 32.2 Å². The van der Waals surface area contributed by atoms with Gasteiger partial charge in [0.15, 0.2) is 0 Å². The number of halogens is 2. The van der Waals surface area contributed by atoms with E-state index in [-0.39, 0.29) is 16.3 Å². The molecule has 114 valence electrons. The Morgan fingerprint density at radius 3 is 2.76 bits per heavy atom. The van der Waals surface area contributed by atoms with Crippen LogP contribution >= 0.6 is 11.6 Å². The Morgan fingerprint density at radius 2 is 2.05 bits per heavy atom. The molecule has 0 unspecified atom stereocenters. The molecule has 1 amide bonds. The minimum Gasteiger partial charge on any atom is -0.338 e. The predicted octanol–water partition coefficient (Wildman–Crippen LogP) is 2.97. The summed E-state index contributed by atoms with van der Waals surface area (Å²) in [4.78, 5) is 14.1. The maximum Gasteiger partial charge on any atom is 0.222 e. The number of nitrogens with one attached hydrogen (secondary N) is 1. The smallest absolute Gasteiger partial charge is 0.222 e. The van der Waals surface area contributed by atoms with E-state index in [4.69, 9.17) is 11.6 Å². The third-order valence-corrected chi connectivity index (χ3v) is 5.06. The number of benzene rings is 1. The third-order valence-electron chi connectivity index (χ3n) is 4.77. The molecule has 2 heterocycles. The van der Waals surface area contributed by atoms with Crippen molar-refractivity contribution >= 4 is 17.5 Å². The van der Waals surface area contributed by atoms with Crippen molar-refractivity contribution in [2.75, 3.05) is 19.6 Å². The van der Waals surface area contributed by atoms with Gasteiger partial charge >= 0.3 is 0 Å². The first-order valence-corrected chi connectivity index (χ1v) is 7.88. The normalized spacial score (nSPS) is 21.8. The highest BCUT2D eigenvalue weighted by molar-refractivity contribution is 6.30. The highest BCUT2D eigenvalue weighted by atomic mass is 35.5. The molecule has 2 saturated heterocycles. The number of likely N-dealkylation sites (tertiary alicyclic amines) is 1. The molecule has 2 aliphatic heterocycles. The molecule has 21 heavy (non-hydrogen) atoms. The summed E-state index contributed by atoms with van der Waals surface area (Å²) in [7, 11) is 0. The molecule has 0 radical (unpaired) electrons. The highest BCUT2D eigenvalue weighted by Gasteiger charge is 2.39. The number of hydrogen-bond acceptors (Lipinski definition) is 2. The van der Waals surface area contributed by atoms with Crippen LogP contribution in [0.25, 0.3) is 0 Å². The molecule has 1 spiro atoms. The Labute approximate surface area is 129 Å². The van der Waals surface area contributed by atoms with Gasteiger partial charge in [-0.2, -0.15) is 0 Å². The Balaban J connectivity index is 1.73. The fraction of sp³-hybridized carbons (Fsp3) is 0.562. The lowest BCUT2D eigenvalue weighted by Gasteiger charge is -2.45. The molecule has 5 heteroatoms. The van der Waals surface area contributed by atoms with Gasteiger partial charge < -0.3 is 10.2 Å². The average Bonchev–Trinajstić information content (AvgIpc) is 2.48. The zero-order valence-electron chi connectivity index (χ0n) is 12.0. The summed E-state index contributed by atoms with van der Waals surface area (Å²) in [6.07, 6.45) is 3.87. The lowest BCUT2D eigenvalue weighted by Crippen LogP contribution is -2.50. The predicted molar refractivity (Wildman–Crippen MR) is 80.6 cm³/mol. The van der Waals surface area contributed by atoms with E-state index in [0.29, 0.717) is 13.0 Å². The number of hydrogen-bond donors (Lipinski definition) is 1. The maximum atomic E-state index is 13.2. The van der Waals surface area contributed by atoms with Gasteiger partial charge in [-0.3, -0.25) is 4.79 Å². The van der Waals surface area contributed by atoms with Gasteiger partial charge in [-0.05, 0) is 55.5 Å². The molecule has 1 aromatic carbocycles. The molecular weight excluding hydrogens is 291 g/mol. The van der Waals surface area contributed by atoms with Gasteiger partial charge in [0.25, 0.3) is 0 Å². The molecule has 0 aliphatic carbocycles. The van der Waals surface area contributed by atoms with Gasteiger partial charge in [0, 0.05) is 19.5 Å². The van der Waals surface area contributed by atoms with Crippen LogP contribution in [0.1, 0.15) is 31.2 Å². The van der Waals surface area contributed by atoms with Crippen LogP contribution in [0.5, 0.6) is 0 Å². The summed E-state index contributed by atoms with van der Waals surface area (Å²) in [5.74, 6) is -0.222. The molecule has 1 N–H and O–H groups in total. The van der Waals surface area contributed by atoms with Crippen LogP contribution in [0.4, 0.5) is 4.39 Å². The monoisotopic (exact) mass is 310 g/mol. The van der Waals surface area contributed by atoms with Crippen LogP contribution < -0.4 is 5.32 Å². The number of carbonyl (C=O) groups is 1. The van der Waals surface area contributed by atoms with E-state index in [2.05, 4.69) is 5.32 Å². The van der Waals surface area contributed by atoms with Crippen molar-refractivity contribution in [1.82, 2.24) is 10.2 Å². The van der Waals surface area contributed by atoms with Crippen LogP contribution in [-0.4, -0.2) is 30.4 Å². The molecule has 0 atom stereocenters. The van der Waals surface area contributed by atoms with E-state index in [1.807, 2.05) is 4.90 Å². The summed E-state index contributed by atoms with van der Waals surface area (Å²) in [6, 6.07) is 4.69. The average molecular weight is 311 g/mol. The zero-order valence-corrected chi connectivity index (χ0v) is 12.8. The van der Waals surface area contributed by atoms with Crippen LogP contribution in [0, 0.1) is 11.2 Å². The minimum absolute atomic E-state index is 0.119. The van der Waals surface area contributed by atoms with Crippen molar-refractivity contribution in [2.24, 2.45) is 5.41 Å². The summed E-state index contributed by atoms with van der Waals surface area (Å²) in [6.45, 7) is 3.39. The van der Waals surface area contributed by atoms with Crippen LogP contribution in [0.3, 0.4) is 0 Å². The molecule has 2 aliphatic rings. The van der Waals surface area contributed by atoms with Gasteiger partial charge in [-0.1, -0.05) is 17.7 Å². The lowest BCUT2D eigenvalue weighted by atomic mass is 9.72. The Hall–Kier alpha value is -1.13. The second kappa shape index (κ2) is 5.93. The minimum atomic E-state index is -0.416. The van der Waals surface area contributed by atoms with Crippen molar-refractivity contribution in [3.8, 4) is 0 Å². The molecule has 2 fully saturated rings. The van der Waals surface area contributed by atoms with Crippen molar-refractivity contribution in [3.63, 3.8) is 0 Å². The van der Waals surface area contributed by atoms with E-state index < -0.39 is 5.82 Å². The maximum absolute atomic E-state index is 13.2. The second-order valence-electron chi connectivity index (χ2n) is 6.25. The fourth-order valence-electron chi connectivity index (χ4n) is 3.47. The standard InChI is InChI=1S/C16H20ClFN2O/c17-13-9-12(1-2-14(13)18)10-20-11-16(4-3-15(20)21)5-7-19-8-6-16/h1-2,9,19H,3-8,10-11H2. The Bertz CT molecular complexity index is 543. The molecule has 1 aromatic rings. The van der Waals surface area contributed by atoms with Crippen LogP contribution in [0.2, 0.25) is 5.02 Å². The lowest BCUT2D eigenvalue weighted by molar-refractivity contribution is -0.139. The number of amides is 1. The Morgan fingerprint density at radius 1 is 1.29 bits per heavy atom. The van der Waals surface area contributed by atoms with E-state index in [0.717, 1.165) is 44.5 Å². The summed E-state index contributed by atoms with van der Waals surface area (Å²) < 4.78 is 13.2. The van der Waals surface area contributed by atoms with E-state index in [1.54, 1.807) is 12.1 Å². The summed E-state index contributed by atoms with van der Waals surface area (Å²) >= 11 is 5.82. The van der Waals surface area contributed by atoms with Crippen LogP contribution in [-0.2, 0) is 11.3 Å². The summed E-state index contributed by atoms with van der Waals surface area (Å²) in [5, 5.41) is 3.50. The first-order valence-electron chi connectivity index (χ1n) is 7.50. The number of carbonyl (C=O) groups excluding carboxylic acids is 1. The number of piperidine rings is 2. The van der Waals surface area contributed by atoms with Crippen LogP contribution in [0.15, 0.2) is 18.2 Å². The van der Waals surface area contributed by atoms with Crippen molar-refractivity contribution in [1.29, 1.82) is 0 Å². The van der Waals surface area contributed by atoms with Gasteiger partial charge in [0.05, 0.1) is 5.02 Å². The molecule has 0 aromatic heterocycles. The van der Waals surface area contributed by atoms with Crippen molar-refractivity contribution < 1.29 is 9.18 Å². The number of rotatable bonds is 2. The van der Waals surface area contributed by atoms with Gasteiger partial charge in [0.1, 0.15) is 5.82 Å². The van der Waals surface area contributed by atoms with Gasteiger partial charge in [-0.25, -0.2) is 4.39 Å². The quantitative estimate of drug-likeness (QED) is 0.911. The highest BCUT2D eigenvalue weighted by Crippen LogP contribution is 2.38. The second-order valence-corrected chi connectivity index (χ2v) is 6.66. The van der Waals surface area contributed by atoms with Gasteiger partial charge in [-0.15, -0.1) is 0 Å².